The molecule has 0 saturated heterocycles. The van der Waals surface area contributed by atoms with E-state index in [4.69, 9.17) is 0 Å². The number of fused-ring (bicyclic) bond motifs is 1. The summed E-state index contributed by atoms with van der Waals surface area (Å²) in [6.45, 7) is 4.43. The molecule has 0 aliphatic rings. The van der Waals surface area contributed by atoms with Gasteiger partial charge in [0.25, 0.3) is 5.91 Å². The number of aryl methyl sites for hydroxylation is 1. The van der Waals surface area contributed by atoms with Crippen LogP contribution in [-0.4, -0.2) is 53.0 Å². The SMILES string of the molecule is CCn1nnc2cc(C(=O)N(C)CCCNC)ccc21. The Morgan fingerprint density at radius 1 is 1.45 bits per heavy atom. The van der Waals surface area contributed by atoms with Gasteiger partial charge in [-0.15, -0.1) is 5.10 Å². The fourth-order valence-electron chi connectivity index (χ4n) is 2.15. The first-order valence-electron chi connectivity index (χ1n) is 6.90. The van der Waals surface area contributed by atoms with Gasteiger partial charge in [0.1, 0.15) is 5.52 Å². The maximum absolute atomic E-state index is 12.3. The summed E-state index contributed by atoms with van der Waals surface area (Å²) in [6.07, 6.45) is 0.938. The van der Waals surface area contributed by atoms with Gasteiger partial charge < -0.3 is 10.2 Å². The Kier molecular flexibility index (Phi) is 4.68. The molecule has 1 aromatic carbocycles. The molecule has 0 saturated carbocycles. The van der Waals surface area contributed by atoms with Crippen LogP contribution in [-0.2, 0) is 6.54 Å². The molecule has 108 valence electrons. The second-order valence-electron chi connectivity index (χ2n) is 4.79. The second-order valence-corrected chi connectivity index (χ2v) is 4.79. The highest BCUT2D eigenvalue weighted by Gasteiger charge is 2.13. The van der Waals surface area contributed by atoms with Crippen LogP contribution in [0.3, 0.4) is 0 Å². The highest BCUT2D eigenvalue weighted by molar-refractivity contribution is 5.97. The standard InChI is InChI=1S/C14H21N5O/c1-4-19-13-7-6-11(10-12(13)16-17-19)14(20)18(3)9-5-8-15-2/h6-7,10,15H,4-5,8-9H2,1-3H3. The largest absolute Gasteiger partial charge is 0.342 e. The number of amides is 1. The molecule has 2 rings (SSSR count). The van der Waals surface area contributed by atoms with Crippen LogP contribution in [0.15, 0.2) is 18.2 Å². The third kappa shape index (κ3) is 2.96. The first-order chi connectivity index (χ1) is 9.67. The topological polar surface area (TPSA) is 63.1 Å². The maximum Gasteiger partial charge on any atom is 0.253 e. The van der Waals surface area contributed by atoms with E-state index in [0.717, 1.165) is 37.1 Å². The first kappa shape index (κ1) is 14.5. The van der Waals surface area contributed by atoms with Crippen molar-refractivity contribution in [2.75, 3.05) is 27.2 Å². The van der Waals surface area contributed by atoms with Crippen LogP contribution in [0, 0.1) is 0 Å². The fourth-order valence-corrected chi connectivity index (χ4v) is 2.15. The molecule has 1 N–H and O–H groups in total. The smallest absolute Gasteiger partial charge is 0.253 e. The van der Waals surface area contributed by atoms with Gasteiger partial charge in [0, 0.05) is 25.7 Å². The van der Waals surface area contributed by atoms with E-state index in [-0.39, 0.29) is 5.91 Å². The zero-order valence-corrected chi connectivity index (χ0v) is 12.3. The molecule has 0 fully saturated rings. The van der Waals surface area contributed by atoms with E-state index in [0.29, 0.717) is 5.56 Å². The van der Waals surface area contributed by atoms with Gasteiger partial charge in [-0.1, -0.05) is 5.21 Å². The summed E-state index contributed by atoms with van der Waals surface area (Å²) in [5.41, 5.74) is 2.39. The van der Waals surface area contributed by atoms with Crippen LogP contribution in [0.4, 0.5) is 0 Å². The third-order valence-electron chi connectivity index (χ3n) is 3.33. The Labute approximate surface area is 118 Å². The summed E-state index contributed by atoms with van der Waals surface area (Å²) in [5.74, 6) is 0.0223. The summed E-state index contributed by atoms with van der Waals surface area (Å²) < 4.78 is 1.82. The number of aromatic nitrogens is 3. The number of nitrogens with zero attached hydrogens (tertiary/aromatic N) is 4. The lowest BCUT2D eigenvalue weighted by atomic mass is 10.1. The van der Waals surface area contributed by atoms with Crippen LogP contribution >= 0.6 is 0 Å². The number of nitrogens with one attached hydrogen (secondary N) is 1. The molecule has 1 heterocycles. The summed E-state index contributed by atoms with van der Waals surface area (Å²) in [6, 6.07) is 5.56. The lowest BCUT2D eigenvalue weighted by molar-refractivity contribution is 0.0794. The molecule has 20 heavy (non-hydrogen) atoms. The fraction of sp³-hybridized carbons (Fsp3) is 0.500. The monoisotopic (exact) mass is 275 g/mol. The molecule has 0 bridgehead atoms. The van der Waals surface area contributed by atoms with Crippen molar-refractivity contribution < 1.29 is 4.79 Å². The summed E-state index contributed by atoms with van der Waals surface area (Å²) in [7, 11) is 3.73. The van der Waals surface area contributed by atoms with Gasteiger partial charge in [-0.05, 0) is 45.1 Å². The van der Waals surface area contributed by atoms with Crippen molar-refractivity contribution in [1.82, 2.24) is 25.2 Å². The molecule has 0 unspecified atom stereocenters. The molecular formula is C14H21N5O. The van der Waals surface area contributed by atoms with Crippen LogP contribution in [0.5, 0.6) is 0 Å². The van der Waals surface area contributed by atoms with E-state index in [1.807, 2.05) is 43.9 Å². The zero-order valence-electron chi connectivity index (χ0n) is 12.3. The van der Waals surface area contributed by atoms with Crippen LogP contribution in [0.1, 0.15) is 23.7 Å². The van der Waals surface area contributed by atoms with Gasteiger partial charge in [-0.2, -0.15) is 0 Å². The average molecular weight is 275 g/mol. The van der Waals surface area contributed by atoms with E-state index >= 15 is 0 Å². The molecule has 0 radical (unpaired) electrons. The minimum atomic E-state index is 0.0223. The van der Waals surface area contributed by atoms with Crippen LogP contribution < -0.4 is 5.32 Å². The highest BCUT2D eigenvalue weighted by Crippen LogP contribution is 2.14. The van der Waals surface area contributed by atoms with Gasteiger partial charge in [0.2, 0.25) is 0 Å². The first-order valence-corrected chi connectivity index (χ1v) is 6.90. The van der Waals surface area contributed by atoms with Gasteiger partial charge in [0.15, 0.2) is 0 Å². The normalized spacial score (nSPS) is 10.9. The predicted molar refractivity (Wildman–Crippen MR) is 78.7 cm³/mol. The minimum Gasteiger partial charge on any atom is -0.342 e. The average Bonchev–Trinajstić information content (AvgIpc) is 2.88. The Hall–Kier alpha value is -1.95. The Balaban J connectivity index is 2.14. The number of hydrogen-bond acceptors (Lipinski definition) is 4. The molecule has 1 aromatic heterocycles. The Morgan fingerprint density at radius 2 is 2.25 bits per heavy atom. The van der Waals surface area contributed by atoms with Crippen molar-refractivity contribution >= 4 is 16.9 Å². The number of hydrogen-bond donors (Lipinski definition) is 1. The number of benzene rings is 1. The molecule has 0 spiro atoms. The van der Waals surface area contributed by atoms with Crippen molar-refractivity contribution in [3.8, 4) is 0 Å². The molecule has 2 aromatic rings. The number of rotatable bonds is 6. The van der Waals surface area contributed by atoms with Crippen molar-refractivity contribution in [2.45, 2.75) is 19.9 Å². The Morgan fingerprint density at radius 3 is 2.95 bits per heavy atom. The minimum absolute atomic E-state index is 0.0223. The molecule has 6 heteroatoms. The second kappa shape index (κ2) is 6.47. The molecule has 0 aliphatic carbocycles. The molecule has 0 atom stereocenters. The molecular weight excluding hydrogens is 254 g/mol. The van der Waals surface area contributed by atoms with Crippen molar-refractivity contribution in [3.05, 3.63) is 23.8 Å². The van der Waals surface area contributed by atoms with Crippen LogP contribution in [0.25, 0.3) is 11.0 Å². The lowest BCUT2D eigenvalue weighted by Crippen LogP contribution is -2.29. The zero-order chi connectivity index (χ0) is 14.5. The van der Waals surface area contributed by atoms with Gasteiger partial charge in [0.05, 0.1) is 5.52 Å². The van der Waals surface area contributed by atoms with E-state index < -0.39 is 0 Å². The Bertz CT molecular complexity index is 592. The van der Waals surface area contributed by atoms with E-state index in [1.165, 1.54) is 0 Å². The van der Waals surface area contributed by atoms with Gasteiger partial charge >= 0.3 is 0 Å². The van der Waals surface area contributed by atoms with Crippen molar-refractivity contribution in [1.29, 1.82) is 0 Å². The predicted octanol–water partition coefficient (Wildman–Crippen LogP) is 1.13. The van der Waals surface area contributed by atoms with Crippen molar-refractivity contribution in [3.63, 3.8) is 0 Å². The third-order valence-corrected chi connectivity index (χ3v) is 3.33. The summed E-state index contributed by atoms with van der Waals surface area (Å²) in [5, 5.41) is 11.2. The quantitative estimate of drug-likeness (QED) is 0.803. The highest BCUT2D eigenvalue weighted by atomic mass is 16.2. The molecule has 1 amide bonds. The van der Waals surface area contributed by atoms with E-state index in [1.54, 1.807) is 4.90 Å². The van der Waals surface area contributed by atoms with E-state index in [2.05, 4.69) is 15.6 Å². The molecule has 6 nitrogen and oxygen atoms in total. The van der Waals surface area contributed by atoms with Crippen LogP contribution in [0.2, 0.25) is 0 Å². The van der Waals surface area contributed by atoms with Gasteiger partial charge in [-0.3, -0.25) is 4.79 Å². The summed E-state index contributed by atoms with van der Waals surface area (Å²) in [4.78, 5) is 14.0. The molecule has 0 aliphatic heterocycles. The maximum atomic E-state index is 12.3. The summed E-state index contributed by atoms with van der Waals surface area (Å²) >= 11 is 0. The van der Waals surface area contributed by atoms with E-state index in [9.17, 15) is 4.79 Å². The van der Waals surface area contributed by atoms with Crippen molar-refractivity contribution in [2.24, 2.45) is 0 Å². The van der Waals surface area contributed by atoms with Gasteiger partial charge in [-0.25, -0.2) is 4.68 Å². The number of carbonyl (C=O) groups excluding carboxylic acids is 1. The number of carbonyl (C=O) groups is 1. The lowest BCUT2D eigenvalue weighted by Gasteiger charge is -2.17.